The summed E-state index contributed by atoms with van der Waals surface area (Å²) >= 11 is 11.7. The minimum Gasteiger partial charge on any atom is -0.494 e. The number of hydrogen-bond acceptors (Lipinski definition) is 4. The zero-order valence-corrected chi connectivity index (χ0v) is 20.5. The van der Waals surface area contributed by atoms with Crippen LogP contribution in [-0.2, 0) is 16.1 Å². The normalized spacial score (nSPS) is 15.5. The van der Waals surface area contributed by atoms with Gasteiger partial charge in [0.05, 0.1) is 18.7 Å². The molecule has 1 saturated heterocycles. The number of anilines is 2. The molecule has 1 aliphatic heterocycles. The summed E-state index contributed by atoms with van der Waals surface area (Å²) in [4.78, 5) is 29.5. The summed E-state index contributed by atoms with van der Waals surface area (Å²) in [5.41, 5.74) is 1.91. The highest BCUT2D eigenvalue weighted by Gasteiger charge is 2.44. The minimum atomic E-state index is -0.828. The van der Waals surface area contributed by atoms with E-state index in [1.807, 2.05) is 6.92 Å². The van der Waals surface area contributed by atoms with E-state index in [2.05, 4.69) is 5.32 Å². The van der Waals surface area contributed by atoms with Crippen LogP contribution in [0.2, 0.25) is 5.02 Å². The summed E-state index contributed by atoms with van der Waals surface area (Å²) in [6, 6.07) is 18.9. The molecule has 35 heavy (non-hydrogen) atoms. The molecule has 1 heterocycles. The molecule has 0 bridgehead atoms. The first-order chi connectivity index (χ1) is 16.9. The van der Waals surface area contributed by atoms with Crippen LogP contribution in [-0.4, -0.2) is 34.5 Å². The SMILES string of the molecule is CCOc1ccc(NC(=O)CC2C(=O)N(c3ccc(Cl)cc3)C(=S)N2Cc2ccc(F)cc2)cc1. The van der Waals surface area contributed by atoms with Crippen molar-refractivity contribution < 1.29 is 18.7 Å². The molecule has 6 nitrogen and oxygen atoms in total. The van der Waals surface area contributed by atoms with Gasteiger partial charge in [0.15, 0.2) is 5.11 Å². The number of rotatable bonds is 8. The maximum absolute atomic E-state index is 13.5. The van der Waals surface area contributed by atoms with Gasteiger partial charge in [-0.15, -0.1) is 0 Å². The molecule has 4 rings (SSSR count). The molecular weight excluding hydrogens is 489 g/mol. The molecule has 1 fully saturated rings. The molecule has 0 saturated carbocycles. The van der Waals surface area contributed by atoms with Crippen LogP contribution in [0.25, 0.3) is 0 Å². The van der Waals surface area contributed by atoms with Gasteiger partial charge in [-0.3, -0.25) is 14.5 Å². The second kappa shape index (κ2) is 10.8. The maximum Gasteiger partial charge on any atom is 0.256 e. The van der Waals surface area contributed by atoms with Crippen molar-refractivity contribution in [2.45, 2.75) is 25.9 Å². The van der Waals surface area contributed by atoms with E-state index in [1.54, 1.807) is 65.6 Å². The average molecular weight is 512 g/mol. The number of nitrogens with zero attached hydrogens (tertiary/aromatic N) is 2. The first-order valence-corrected chi connectivity index (χ1v) is 11.8. The predicted molar refractivity (Wildman–Crippen MR) is 138 cm³/mol. The molecule has 2 amide bonds. The first kappa shape index (κ1) is 24.6. The van der Waals surface area contributed by atoms with Crippen molar-refractivity contribution in [1.29, 1.82) is 0 Å². The number of nitrogens with one attached hydrogen (secondary N) is 1. The van der Waals surface area contributed by atoms with Crippen LogP contribution in [0.5, 0.6) is 5.75 Å². The van der Waals surface area contributed by atoms with Gasteiger partial charge in [0.2, 0.25) is 5.91 Å². The molecule has 1 unspecified atom stereocenters. The number of amides is 2. The van der Waals surface area contributed by atoms with Crippen molar-refractivity contribution in [3.63, 3.8) is 0 Å². The molecule has 0 radical (unpaired) electrons. The molecule has 1 atom stereocenters. The fourth-order valence-electron chi connectivity index (χ4n) is 3.82. The van der Waals surface area contributed by atoms with Gasteiger partial charge in [0, 0.05) is 17.3 Å². The summed E-state index contributed by atoms with van der Waals surface area (Å²) in [5, 5.41) is 3.62. The van der Waals surface area contributed by atoms with E-state index < -0.39 is 6.04 Å². The van der Waals surface area contributed by atoms with Gasteiger partial charge in [0.1, 0.15) is 17.6 Å². The molecule has 3 aromatic carbocycles. The maximum atomic E-state index is 13.5. The van der Waals surface area contributed by atoms with Crippen molar-refractivity contribution in [1.82, 2.24) is 4.90 Å². The van der Waals surface area contributed by atoms with Crippen LogP contribution >= 0.6 is 23.8 Å². The Bertz CT molecular complexity index is 1220. The summed E-state index contributed by atoms with van der Waals surface area (Å²) in [6.07, 6.45) is -0.114. The molecule has 9 heteroatoms. The summed E-state index contributed by atoms with van der Waals surface area (Å²) in [7, 11) is 0. The number of thiocarbonyl (C=S) groups is 1. The molecule has 0 aliphatic carbocycles. The van der Waals surface area contributed by atoms with Crippen LogP contribution in [0.4, 0.5) is 15.8 Å². The second-order valence-electron chi connectivity index (χ2n) is 7.91. The summed E-state index contributed by atoms with van der Waals surface area (Å²) < 4.78 is 18.8. The molecule has 1 aliphatic rings. The third-order valence-electron chi connectivity index (χ3n) is 5.50. The molecule has 0 spiro atoms. The van der Waals surface area contributed by atoms with Gasteiger partial charge in [-0.2, -0.15) is 0 Å². The van der Waals surface area contributed by atoms with Crippen molar-refractivity contribution in [2.75, 3.05) is 16.8 Å². The summed E-state index contributed by atoms with van der Waals surface area (Å²) in [5.74, 6) is -0.313. The van der Waals surface area contributed by atoms with Crippen LogP contribution in [0.1, 0.15) is 18.9 Å². The van der Waals surface area contributed by atoms with E-state index in [0.29, 0.717) is 28.8 Å². The standard InChI is InChI=1S/C26H23ClFN3O3S/c1-2-34-22-13-9-20(10-14-22)29-24(32)15-23-25(33)31(21-11-5-18(27)6-12-21)26(35)30(23)16-17-3-7-19(28)8-4-17/h3-14,23H,2,15-16H2,1H3,(H,29,32). The number of halogens is 2. The number of carbonyl (C=O) groups excluding carboxylic acids is 2. The number of benzene rings is 3. The molecule has 180 valence electrons. The van der Waals surface area contributed by atoms with Crippen molar-refractivity contribution in [2.24, 2.45) is 0 Å². The lowest BCUT2D eigenvalue weighted by atomic mass is 10.1. The number of carbonyl (C=O) groups is 2. The average Bonchev–Trinajstić information content (AvgIpc) is 3.06. The Morgan fingerprint density at radius 1 is 1.06 bits per heavy atom. The molecule has 3 aromatic rings. The molecule has 0 aromatic heterocycles. The highest BCUT2D eigenvalue weighted by molar-refractivity contribution is 7.80. The lowest BCUT2D eigenvalue weighted by molar-refractivity contribution is -0.124. The lowest BCUT2D eigenvalue weighted by Crippen LogP contribution is -2.37. The Morgan fingerprint density at radius 3 is 2.34 bits per heavy atom. The quantitative estimate of drug-likeness (QED) is 0.410. The third-order valence-corrected chi connectivity index (χ3v) is 6.17. The fraction of sp³-hybridized carbons (Fsp3) is 0.192. The highest BCUT2D eigenvalue weighted by atomic mass is 35.5. The Morgan fingerprint density at radius 2 is 1.71 bits per heavy atom. The predicted octanol–water partition coefficient (Wildman–Crippen LogP) is 5.41. The van der Waals surface area contributed by atoms with Crippen molar-refractivity contribution in [3.05, 3.63) is 89.2 Å². The van der Waals surface area contributed by atoms with Gasteiger partial charge in [0.25, 0.3) is 5.91 Å². The van der Waals surface area contributed by atoms with Crippen LogP contribution in [0.15, 0.2) is 72.8 Å². The van der Waals surface area contributed by atoms with Crippen LogP contribution in [0, 0.1) is 5.82 Å². The van der Waals surface area contributed by atoms with E-state index in [0.717, 1.165) is 5.56 Å². The topological polar surface area (TPSA) is 61.9 Å². The number of hydrogen-bond donors (Lipinski definition) is 1. The number of ether oxygens (including phenoxy) is 1. The summed E-state index contributed by atoms with van der Waals surface area (Å²) in [6.45, 7) is 2.68. The zero-order chi connectivity index (χ0) is 24.9. The Labute approximate surface area is 213 Å². The van der Waals surface area contributed by atoms with E-state index >= 15 is 0 Å². The lowest BCUT2D eigenvalue weighted by Gasteiger charge is -2.24. The fourth-order valence-corrected chi connectivity index (χ4v) is 4.33. The Hall–Kier alpha value is -3.49. The smallest absolute Gasteiger partial charge is 0.256 e. The van der Waals surface area contributed by atoms with E-state index in [1.165, 1.54) is 17.0 Å². The van der Waals surface area contributed by atoms with Gasteiger partial charge in [-0.05, 0) is 85.4 Å². The monoisotopic (exact) mass is 511 g/mol. The third kappa shape index (κ3) is 5.78. The van der Waals surface area contributed by atoms with Gasteiger partial charge >= 0.3 is 0 Å². The second-order valence-corrected chi connectivity index (χ2v) is 8.71. The van der Waals surface area contributed by atoms with Crippen LogP contribution < -0.4 is 15.0 Å². The van der Waals surface area contributed by atoms with Gasteiger partial charge in [-0.25, -0.2) is 4.39 Å². The molecular formula is C26H23ClFN3O3S. The van der Waals surface area contributed by atoms with E-state index in [9.17, 15) is 14.0 Å². The minimum absolute atomic E-state index is 0.114. The van der Waals surface area contributed by atoms with Gasteiger partial charge < -0.3 is 15.0 Å². The molecule has 1 N–H and O–H groups in total. The van der Waals surface area contributed by atoms with E-state index in [4.69, 9.17) is 28.6 Å². The Kier molecular flexibility index (Phi) is 7.63. The van der Waals surface area contributed by atoms with Crippen LogP contribution in [0.3, 0.4) is 0 Å². The highest BCUT2D eigenvalue weighted by Crippen LogP contribution is 2.30. The van der Waals surface area contributed by atoms with Crippen molar-refractivity contribution >= 4 is 52.1 Å². The van der Waals surface area contributed by atoms with Crippen molar-refractivity contribution in [3.8, 4) is 5.75 Å². The first-order valence-electron chi connectivity index (χ1n) is 11.0. The zero-order valence-electron chi connectivity index (χ0n) is 18.9. The van der Waals surface area contributed by atoms with Gasteiger partial charge in [-0.1, -0.05) is 23.7 Å². The largest absolute Gasteiger partial charge is 0.494 e. The Balaban J connectivity index is 1.56. The van der Waals surface area contributed by atoms with E-state index in [-0.39, 0.29) is 35.7 Å².